The molecule has 2 rings (SSSR count). The number of rotatable bonds is 5. The van der Waals surface area contributed by atoms with Crippen LogP contribution in [0.3, 0.4) is 0 Å². The first-order valence-corrected chi connectivity index (χ1v) is 5.28. The Morgan fingerprint density at radius 1 is 1.56 bits per heavy atom. The van der Waals surface area contributed by atoms with Gasteiger partial charge in [0.15, 0.2) is 0 Å². The van der Waals surface area contributed by atoms with Crippen LogP contribution in [-0.4, -0.2) is 33.8 Å². The van der Waals surface area contributed by atoms with Crippen LogP contribution in [0.25, 0.3) is 0 Å². The lowest BCUT2D eigenvalue weighted by molar-refractivity contribution is 0.0690. The van der Waals surface area contributed by atoms with E-state index in [-0.39, 0.29) is 11.8 Å². The molecule has 0 saturated heterocycles. The fourth-order valence-corrected chi connectivity index (χ4v) is 1.50. The molecule has 86 valence electrons. The van der Waals surface area contributed by atoms with Crippen molar-refractivity contribution in [3.05, 3.63) is 24.0 Å². The van der Waals surface area contributed by atoms with E-state index in [1.165, 1.54) is 12.3 Å². The standard InChI is InChI=1S/C11H14N2O3/c14-10(7-1-2-7)6-12-8-3-4-9(11(15)16)13-5-8/h3-5,7,10,12,14H,1-2,6H2,(H,15,16). The molecule has 1 unspecified atom stereocenters. The summed E-state index contributed by atoms with van der Waals surface area (Å²) in [6.45, 7) is 0.485. The van der Waals surface area contributed by atoms with Gasteiger partial charge >= 0.3 is 5.97 Å². The summed E-state index contributed by atoms with van der Waals surface area (Å²) in [6, 6.07) is 3.09. The number of aliphatic hydroxyl groups excluding tert-OH is 1. The third-order valence-corrected chi connectivity index (χ3v) is 2.66. The molecular formula is C11H14N2O3. The third kappa shape index (κ3) is 2.70. The second-order valence-electron chi connectivity index (χ2n) is 4.02. The van der Waals surface area contributed by atoms with Crippen LogP contribution in [0.2, 0.25) is 0 Å². The zero-order chi connectivity index (χ0) is 11.5. The predicted octanol–water partition coefficient (Wildman–Crippen LogP) is 0.963. The lowest BCUT2D eigenvalue weighted by Gasteiger charge is -2.11. The van der Waals surface area contributed by atoms with Crippen molar-refractivity contribution in [2.45, 2.75) is 18.9 Å². The zero-order valence-corrected chi connectivity index (χ0v) is 8.76. The van der Waals surface area contributed by atoms with E-state index in [0.29, 0.717) is 12.5 Å². The predicted molar refractivity (Wildman–Crippen MR) is 58.4 cm³/mol. The minimum Gasteiger partial charge on any atom is -0.477 e. The van der Waals surface area contributed by atoms with Gasteiger partial charge in [-0.3, -0.25) is 0 Å². The Kier molecular flexibility index (Phi) is 3.05. The van der Waals surface area contributed by atoms with Gasteiger partial charge in [0.05, 0.1) is 18.0 Å². The van der Waals surface area contributed by atoms with Crippen LogP contribution in [0.1, 0.15) is 23.3 Å². The maximum absolute atomic E-state index is 10.6. The monoisotopic (exact) mass is 222 g/mol. The van der Waals surface area contributed by atoms with Crippen molar-refractivity contribution in [2.24, 2.45) is 5.92 Å². The van der Waals surface area contributed by atoms with Crippen LogP contribution in [0.4, 0.5) is 5.69 Å². The highest BCUT2D eigenvalue weighted by Crippen LogP contribution is 2.32. The second-order valence-corrected chi connectivity index (χ2v) is 4.02. The molecule has 0 spiro atoms. The summed E-state index contributed by atoms with van der Waals surface area (Å²) >= 11 is 0. The van der Waals surface area contributed by atoms with Gasteiger partial charge < -0.3 is 15.5 Å². The van der Waals surface area contributed by atoms with E-state index in [1.54, 1.807) is 6.07 Å². The van der Waals surface area contributed by atoms with Crippen LogP contribution in [0.15, 0.2) is 18.3 Å². The number of aliphatic hydroxyl groups is 1. The molecule has 0 bridgehead atoms. The SMILES string of the molecule is O=C(O)c1ccc(NCC(O)C2CC2)cn1. The molecular weight excluding hydrogens is 208 g/mol. The van der Waals surface area contributed by atoms with Crippen molar-refractivity contribution in [1.82, 2.24) is 4.98 Å². The van der Waals surface area contributed by atoms with Crippen LogP contribution in [-0.2, 0) is 0 Å². The second kappa shape index (κ2) is 4.49. The average molecular weight is 222 g/mol. The number of aromatic carboxylic acids is 1. The summed E-state index contributed by atoms with van der Waals surface area (Å²) < 4.78 is 0. The summed E-state index contributed by atoms with van der Waals surface area (Å²) in [7, 11) is 0. The van der Waals surface area contributed by atoms with Crippen LogP contribution < -0.4 is 5.32 Å². The van der Waals surface area contributed by atoms with E-state index in [4.69, 9.17) is 5.11 Å². The molecule has 1 fully saturated rings. The minimum absolute atomic E-state index is 0.0216. The highest BCUT2D eigenvalue weighted by molar-refractivity contribution is 5.85. The Morgan fingerprint density at radius 2 is 2.31 bits per heavy atom. The molecule has 0 aliphatic heterocycles. The highest BCUT2D eigenvalue weighted by Gasteiger charge is 2.29. The molecule has 16 heavy (non-hydrogen) atoms. The molecule has 1 aliphatic rings. The van der Waals surface area contributed by atoms with Crippen molar-refractivity contribution >= 4 is 11.7 Å². The number of pyridine rings is 1. The quantitative estimate of drug-likeness (QED) is 0.691. The van der Waals surface area contributed by atoms with E-state index in [0.717, 1.165) is 18.5 Å². The first-order chi connectivity index (χ1) is 7.66. The van der Waals surface area contributed by atoms with Gasteiger partial charge in [0, 0.05) is 6.54 Å². The lowest BCUT2D eigenvalue weighted by atomic mass is 10.2. The zero-order valence-electron chi connectivity index (χ0n) is 8.76. The van der Waals surface area contributed by atoms with Gasteiger partial charge in [-0.15, -0.1) is 0 Å². The molecule has 5 heteroatoms. The normalized spacial score (nSPS) is 16.8. The van der Waals surface area contributed by atoms with Crippen molar-refractivity contribution in [3.8, 4) is 0 Å². The summed E-state index contributed by atoms with van der Waals surface area (Å²) in [5.74, 6) is -0.608. The molecule has 0 radical (unpaired) electrons. The van der Waals surface area contributed by atoms with E-state index in [1.807, 2.05) is 0 Å². The number of hydrogen-bond donors (Lipinski definition) is 3. The van der Waals surface area contributed by atoms with Gasteiger partial charge in [0.25, 0.3) is 0 Å². The van der Waals surface area contributed by atoms with Gasteiger partial charge in [-0.2, -0.15) is 0 Å². The Balaban J connectivity index is 1.86. The number of nitrogens with zero attached hydrogens (tertiary/aromatic N) is 1. The lowest BCUT2D eigenvalue weighted by Crippen LogP contribution is -2.21. The number of aromatic nitrogens is 1. The smallest absolute Gasteiger partial charge is 0.354 e. The summed E-state index contributed by atoms with van der Waals surface area (Å²) in [5, 5.41) is 21.3. The van der Waals surface area contributed by atoms with E-state index in [9.17, 15) is 9.90 Å². The first kappa shape index (κ1) is 10.9. The van der Waals surface area contributed by atoms with Crippen LogP contribution in [0, 0.1) is 5.92 Å². The largest absolute Gasteiger partial charge is 0.477 e. The summed E-state index contributed by atoms with van der Waals surface area (Å²) in [4.78, 5) is 14.3. The number of carboxylic acid groups (broad SMARTS) is 1. The molecule has 0 aromatic carbocycles. The number of anilines is 1. The fraction of sp³-hybridized carbons (Fsp3) is 0.455. The van der Waals surface area contributed by atoms with Crippen LogP contribution >= 0.6 is 0 Å². The van der Waals surface area contributed by atoms with Gasteiger partial charge in [0.1, 0.15) is 5.69 Å². The number of nitrogens with one attached hydrogen (secondary N) is 1. The molecule has 1 saturated carbocycles. The molecule has 0 amide bonds. The number of carboxylic acids is 1. The Hall–Kier alpha value is -1.62. The van der Waals surface area contributed by atoms with Crippen molar-refractivity contribution in [2.75, 3.05) is 11.9 Å². The van der Waals surface area contributed by atoms with Crippen molar-refractivity contribution in [3.63, 3.8) is 0 Å². The number of carbonyl (C=O) groups is 1. The summed E-state index contributed by atoms with van der Waals surface area (Å²) in [6.07, 6.45) is 3.33. The van der Waals surface area contributed by atoms with Gasteiger partial charge in [-0.1, -0.05) is 0 Å². The van der Waals surface area contributed by atoms with Gasteiger partial charge in [0.2, 0.25) is 0 Å². The molecule has 1 aromatic rings. The molecule has 1 atom stereocenters. The topological polar surface area (TPSA) is 82.5 Å². The number of hydrogen-bond acceptors (Lipinski definition) is 4. The Bertz CT molecular complexity index is 373. The fourth-order valence-electron chi connectivity index (χ4n) is 1.50. The van der Waals surface area contributed by atoms with Gasteiger partial charge in [-0.05, 0) is 30.9 Å². The van der Waals surface area contributed by atoms with E-state index < -0.39 is 5.97 Å². The molecule has 1 heterocycles. The molecule has 5 nitrogen and oxygen atoms in total. The molecule has 1 aliphatic carbocycles. The molecule has 3 N–H and O–H groups in total. The Morgan fingerprint density at radius 3 is 2.81 bits per heavy atom. The maximum atomic E-state index is 10.6. The van der Waals surface area contributed by atoms with Gasteiger partial charge in [-0.25, -0.2) is 9.78 Å². The minimum atomic E-state index is -1.04. The maximum Gasteiger partial charge on any atom is 0.354 e. The highest BCUT2D eigenvalue weighted by atomic mass is 16.4. The average Bonchev–Trinajstić information content (AvgIpc) is 3.10. The Labute approximate surface area is 93.1 Å². The molecule has 1 aromatic heterocycles. The van der Waals surface area contributed by atoms with E-state index in [2.05, 4.69) is 10.3 Å². The van der Waals surface area contributed by atoms with Crippen molar-refractivity contribution in [1.29, 1.82) is 0 Å². The first-order valence-electron chi connectivity index (χ1n) is 5.28. The van der Waals surface area contributed by atoms with E-state index >= 15 is 0 Å². The third-order valence-electron chi connectivity index (χ3n) is 2.66. The summed E-state index contributed by atoms with van der Waals surface area (Å²) in [5.41, 5.74) is 0.748. The van der Waals surface area contributed by atoms with Crippen LogP contribution in [0.5, 0.6) is 0 Å². The van der Waals surface area contributed by atoms with Crippen molar-refractivity contribution < 1.29 is 15.0 Å².